The van der Waals surface area contributed by atoms with Crippen LogP contribution in [0.2, 0.25) is 0 Å². The summed E-state index contributed by atoms with van der Waals surface area (Å²) in [7, 11) is 0. The summed E-state index contributed by atoms with van der Waals surface area (Å²) in [5, 5.41) is 22.3. The van der Waals surface area contributed by atoms with Crippen LogP contribution in [0.15, 0.2) is 0 Å². The van der Waals surface area contributed by atoms with E-state index in [1.54, 1.807) is 20.8 Å². The third-order valence-electron chi connectivity index (χ3n) is 3.67. The lowest BCUT2D eigenvalue weighted by atomic mass is 9.77. The number of carboxylic acids is 1. The van der Waals surface area contributed by atoms with E-state index in [1.807, 2.05) is 0 Å². The molecule has 0 saturated carbocycles. The Kier molecular flexibility index (Phi) is 2.35. The molecule has 0 radical (unpaired) electrons. The molecular formula is C10H16NO4-. The number of hydrogen-bond donors (Lipinski definition) is 0. The SMILES string of the molecule is CC(C)(C)[N+]1(C(=O)[O-])CC[C@]1(C)C(=O)[O-]. The topological polar surface area (TPSA) is 80.3 Å². The average molecular weight is 214 g/mol. The van der Waals surface area contributed by atoms with Crippen LogP contribution in [-0.4, -0.2) is 34.2 Å². The molecule has 0 N–H and O–H groups in total. The molecule has 1 fully saturated rings. The van der Waals surface area contributed by atoms with Crippen molar-refractivity contribution in [3.63, 3.8) is 0 Å². The molecule has 0 bridgehead atoms. The minimum Gasteiger partial charge on any atom is -0.544 e. The van der Waals surface area contributed by atoms with E-state index >= 15 is 0 Å². The number of rotatable bonds is 1. The Morgan fingerprint density at radius 2 is 1.73 bits per heavy atom. The fourth-order valence-electron chi connectivity index (χ4n) is 2.57. The second-order valence-corrected chi connectivity index (χ2v) is 5.28. The highest BCUT2D eigenvalue weighted by Gasteiger charge is 2.64. The van der Waals surface area contributed by atoms with Crippen LogP contribution >= 0.6 is 0 Å². The quantitative estimate of drug-likeness (QED) is 0.517. The lowest BCUT2D eigenvalue weighted by molar-refractivity contribution is -0.994. The Bertz CT molecular complexity index is 320. The van der Waals surface area contributed by atoms with Crippen LogP contribution in [-0.2, 0) is 4.79 Å². The summed E-state index contributed by atoms with van der Waals surface area (Å²) in [4.78, 5) is 22.3. The minimum atomic E-state index is -1.38. The number of amides is 1. The van der Waals surface area contributed by atoms with E-state index in [2.05, 4.69) is 0 Å². The third kappa shape index (κ3) is 1.19. The first-order valence-corrected chi connectivity index (χ1v) is 4.91. The van der Waals surface area contributed by atoms with Gasteiger partial charge in [-0.3, -0.25) is 4.48 Å². The monoisotopic (exact) mass is 214 g/mol. The summed E-state index contributed by atoms with van der Waals surface area (Å²) in [6.45, 7) is 6.78. The molecule has 1 aliphatic heterocycles. The van der Waals surface area contributed by atoms with E-state index in [4.69, 9.17) is 0 Å². The summed E-state index contributed by atoms with van der Waals surface area (Å²) < 4.78 is -0.567. The second kappa shape index (κ2) is 2.95. The van der Waals surface area contributed by atoms with Crippen LogP contribution in [0.25, 0.3) is 0 Å². The maximum Gasteiger partial charge on any atom is 0.258 e. The zero-order chi connectivity index (χ0) is 12.1. The Morgan fingerprint density at radius 1 is 1.27 bits per heavy atom. The van der Waals surface area contributed by atoms with Gasteiger partial charge in [-0.2, -0.15) is 0 Å². The Morgan fingerprint density at radius 3 is 1.80 bits per heavy atom. The third-order valence-corrected chi connectivity index (χ3v) is 3.67. The van der Waals surface area contributed by atoms with Crippen molar-refractivity contribution in [2.45, 2.75) is 45.2 Å². The maximum absolute atomic E-state index is 11.2. The zero-order valence-electron chi connectivity index (χ0n) is 9.49. The van der Waals surface area contributed by atoms with E-state index in [9.17, 15) is 19.8 Å². The fraction of sp³-hybridized carbons (Fsp3) is 0.800. The van der Waals surface area contributed by atoms with Crippen molar-refractivity contribution in [3.05, 3.63) is 0 Å². The number of likely N-dealkylation sites (tertiary alicyclic amines) is 1. The van der Waals surface area contributed by atoms with Crippen LogP contribution < -0.4 is 10.2 Å². The van der Waals surface area contributed by atoms with E-state index in [-0.39, 0.29) is 6.54 Å². The average Bonchev–Trinajstić information content (AvgIpc) is 1.97. The van der Waals surface area contributed by atoms with Gasteiger partial charge in [0.25, 0.3) is 6.09 Å². The Labute approximate surface area is 88.9 Å². The zero-order valence-corrected chi connectivity index (χ0v) is 9.49. The van der Waals surface area contributed by atoms with Gasteiger partial charge in [0.2, 0.25) is 0 Å². The highest BCUT2D eigenvalue weighted by Crippen LogP contribution is 2.45. The predicted octanol–water partition coefficient (Wildman–Crippen LogP) is -1.14. The molecule has 0 spiro atoms. The number of carbonyl (C=O) groups is 2. The van der Waals surface area contributed by atoms with Gasteiger partial charge in [-0.1, -0.05) is 0 Å². The van der Waals surface area contributed by atoms with Crippen molar-refractivity contribution < 1.29 is 24.3 Å². The number of hydrogen-bond acceptors (Lipinski definition) is 4. The molecule has 0 aromatic heterocycles. The van der Waals surface area contributed by atoms with Crippen LogP contribution in [0.3, 0.4) is 0 Å². The van der Waals surface area contributed by atoms with Gasteiger partial charge in [-0.15, -0.1) is 0 Å². The molecule has 15 heavy (non-hydrogen) atoms. The van der Waals surface area contributed by atoms with Gasteiger partial charge in [0.05, 0.1) is 18.5 Å². The number of nitrogens with zero attached hydrogens (tertiary/aromatic N) is 1. The van der Waals surface area contributed by atoms with Crippen molar-refractivity contribution in [1.29, 1.82) is 0 Å². The lowest BCUT2D eigenvalue weighted by Crippen LogP contribution is -2.87. The molecule has 5 heteroatoms. The van der Waals surface area contributed by atoms with Gasteiger partial charge in [0.15, 0.2) is 0 Å². The van der Waals surface area contributed by atoms with Crippen molar-refractivity contribution in [1.82, 2.24) is 0 Å². The second-order valence-electron chi connectivity index (χ2n) is 5.28. The molecule has 1 unspecified atom stereocenters. The summed E-state index contributed by atoms with van der Waals surface area (Å²) in [6.07, 6.45) is -1.04. The molecular weight excluding hydrogens is 198 g/mol. The van der Waals surface area contributed by atoms with E-state index in [0.29, 0.717) is 6.42 Å². The van der Waals surface area contributed by atoms with Crippen LogP contribution in [0, 0.1) is 0 Å². The van der Waals surface area contributed by atoms with Gasteiger partial charge < -0.3 is 19.8 Å². The van der Waals surface area contributed by atoms with Crippen LogP contribution in [0.5, 0.6) is 0 Å². The molecule has 0 aromatic rings. The van der Waals surface area contributed by atoms with Gasteiger partial charge in [0, 0.05) is 0 Å². The standard InChI is InChI=1S/C10H17NO4/c1-9(2,3)11(8(14)15)6-5-10(11,4)7(12)13/h5-6H2,1-4H3,(H-,12,13,14,15)/p-1/t10-,11?/m1/s1. The van der Waals surface area contributed by atoms with Crippen molar-refractivity contribution >= 4 is 12.1 Å². The molecule has 1 heterocycles. The molecule has 86 valence electrons. The molecule has 0 aromatic carbocycles. The maximum atomic E-state index is 11.2. The van der Waals surface area contributed by atoms with Crippen molar-refractivity contribution in [3.8, 4) is 0 Å². The van der Waals surface area contributed by atoms with Gasteiger partial charge in [0.1, 0.15) is 11.5 Å². The summed E-state index contributed by atoms with van der Waals surface area (Å²) >= 11 is 0. The molecule has 1 amide bonds. The first-order valence-electron chi connectivity index (χ1n) is 4.91. The van der Waals surface area contributed by atoms with Crippen LogP contribution in [0.1, 0.15) is 34.1 Å². The lowest BCUT2D eigenvalue weighted by Gasteiger charge is -2.65. The number of carbonyl (C=O) groups excluding carboxylic acids is 2. The normalized spacial score (nSPS) is 35.7. The highest BCUT2D eigenvalue weighted by molar-refractivity contribution is 5.78. The van der Waals surface area contributed by atoms with E-state index in [1.165, 1.54) is 6.92 Å². The van der Waals surface area contributed by atoms with E-state index in [0.717, 1.165) is 0 Å². The van der Waals surface area contributed by atoms with Gasteiger partial charge in [-0.05, 0) is 27.7 Å². The molecule has 0 aliphatic carbocycles. The predicted molar refractivity (Wildman–Crippen MR) is 48.3 cm³/mol. The van der Waals surface area contributed by atoms with Crippen molar-refractivity contribution in [2.24, 2.45) is 0 Å². The van der Waals surface area contributed by atoms with Crippen LogP contribution in [0.4, 0.5) is 4.79 Å². The van der Waals surface area contributed by atoms with E-state index < -0.39 is 27.6 Å². The molecule has 5 nitrogen and oxygen atoms in total. The van der Waals surface area contributed by atoms with Gasteiger partial charge >= 0.3 is 0 Å². The minimum absolute atomic E-state index is 0.274. The first kappa shape index (κ1) is 12.0. The molecule has 2 atom stereocenters. The highest BCUT2D eigenvalue weighted by atomic mass is 16.4. The van der Waals surface area contributed by atoms with Gasteiger partial charge in [-0.25, -0.2) is 0 Å². The molecule has 1 rings (SSSR count). The fourth-order valence-corrected chi connectivity index (χ4v) is 2.57. The number of carboxylic acid groups (broad SMARTS) is 2. The smallest absolute Gasteiger partial charge is 0.258 e. The number of quaternary nitrogens is 1. The summed E-state index contributed by atoms with van der Waals surface area (Å²) in [5.74, 6) is -1.33. The Hall–Kier alpha value is -1.10. The molecule has 1 aliphatic rings. The number of aliphatic carboxylic acids is 1. The summed E-state index contributed by atoms with van der Waals surface area (Å²) in [5.41, 5.74) is -2.09. The molecule has 1 saturated heterocycles. The summed E-state index contributed by atoms with van der Waals surface area (Å²) in [6, 6.07) is 0. The first-order chi connectivity index (χ1) is 6.59. The largest absolute Gasteiger partial charge is 0.544 e. The van der Waals surface area contributed by atoms with Crippen molar-refractivity contribution in [2.75, 3.05) is 6.54 Å². The Balaban J connectivity index is 3.28.